The number of H-pyrrole nitrogens is 1. The number of hydrogen-bond donors (Lipinski definition) is 1. The molecule has 4 aromatic rings. The van der Waals surface area contributed by atoms with Gasteiger partial charge >= 0.3 is 0 Å². The van der Waals surface area contributed by atoms with Gasteiger partial charge in [0.15, 0.2) is 5.43 Å². The van der Waals surface area contributed by atoms with Gasteiger partial charge in [-0.3, -0.25) is 4.79 Å². The molecule has 0 radical (unpaired) electrons. The first kappa shape index (κ1) is 19.5. The summed E-state index contributed by atoms with van der Waals surface area (Å²) in [5.74, 6) is 0.725. The van der Waals surface area contributed by atoms with Gasteiger partial charge in [-0.1, -0.05) is 6.07 Å². The monoisotopic (exact) mass is 415 g/mol. The van der Waals surface area contributed by atoms with Gasteiger partial charge in [-0.2, -0.15) is 5.26 Å². The summed E-state index contributed by atoms with van der Waals surface area (Å²) in [4.78, 5) is 21.7. The van der Waals surface area contributed by atoms with Gasteiger partial charge in [0.1, 0.15) is 11.4 Å². The maximum absolute atomic E-state index is 13.6. The van der Waals surface area contributed by atoms with Crippen molar-refractivity contribution < 1.29 is 4.74 Å². The van der Waals surface area contributed by atoms with Crippen LogP contribution in [-0.4, -0.2) is 54.8 Å². The second kappa shape index (κ2) is 7.33. The van der Waals surface area contributed by atoms with Crippen molar-refractivity contribution in [2.24, 2.45) is 0 Å². The topological polar surface area (TPSA) is 77.3 Å². The standard InChI is InChI=1S/C24H25N5O2/c1-4-29-19-13-20(28-9-7-27(2)8-10-28)21(31-3)12-17(19)23(30)22-16-6-5-15(14-25)11-18(16)26-24(22)29/h5-6,11-13,26H,4,7-10H2,1-3H3. The first-order valence-corrected chi connectivity index (χ1v) is 10.6. The molecule has 1 saturated heterocycles. The predicted molar refractivity (Wildman–Crippen MR) is 124 cm³/mol. The zero-order valence-corrected chi connectivity index (χ0v) is 18.0. The first-order valence-electron chi connectivity index (χ1n) is 10.6. The Bertz CT molecular complexity index is 1420. The number of nitrogens with zero attached hydrogens (tertiary/aromatic N) is 4. The minimum atomic E-state index is -0.0196. The molecule has 2 aromatic heterocycles. The molecular formula is C24H25N5O2. The van der Waals surface area contributed by atoms with Gasteiger partial charge in [-0.25, -0.2) is 0 Å². The minimum absolute atomic E-state index is 0.0196. The van der Waals surface area contributed by atoms with Crippen molar-refractivity contribution in [3.8, 4) is 11.8 Å². The summed E-state index contributed by atoms with van der Waals surface area (Å²) in [6, 6.07) is 11.6. The van der Waals surface area contributed by atoms with Crippen molar-refractivity contribution in [2.45, 2.75) is 13.5 Å². The highest BCUT2D eigenvalue weighted by Gasteiger charge is 2.22. The number of aromatic nitrogens is 2. The van der Waals surface area contributed by atoms with Gasteiger partial charge < -0.3 is 24.1 Å². The predicted octanol–water partition coefficient (Wildman–Crippen LogP) is 3.29. The summed E-state index contributed by atoms with van der Waals surface area (Å²) in [7, 11) is 3.79. The molecule has 0 amide bonds. The molecule has 2 aromatic carbocycles. The smallest absolute Gasteiger partial charge is 0.199 e. The summed E-state index contributed by atoms with van der Waals surface area (Å²) < 4.78 is 7.88. The Kier molecular flexibility index (Phi) is 4.60. The number of anilines is 1. The molecule has 0 spiro atoms. The van der Waals surface area contributed by atoms with Crippen molar-refractivity contribution in [1.29, 1.82) is 5.26 Å². The number of rotatable bonds is 3. The molecule has 31 heavy (non-hydrogen) atoms. The molecule has 0 unspecified atom stereocenters. The number of hydrogen-bond acceptors (Lipinski definition) is 5. The Morgan fingerprint density at radius 1 is 1.13 bits per heavy atom. The van der Waals surface area contributed by atoms with E-state index in [4.69, 9.17) is 4.74 Å². The third-order valence-corrected chi connectivity index (χ3v) is 6.40. The van der Waals surface area contributed by atoms with E-state index in [1.807, 2.05) is 12.1 Å². The summed E-state index contributed by atoms with van der Waals surface area (Å²) in [6.45, 7) is 6.60. The SMILES string of the molecule is CCn1c2cc(N3CCN(C)CC3)c(OC)cc2c(=O)c2c3ccc(C#N)cc3[nH]c21. The van der Waals surface area contributed by atoms with E-state index in [0.29, 0.717) is 22.9 Å². The van der Waals surface area contributed by atoms with E-state index in [-0.39, 0.29) is 5.43 Å². The fraction of sp³-hybridized carbons (Fsp3) is 0.333. The lowest BCUT2D eigenvalue weighted by Crippen LogP contribution is -2.44. The molecular weight excluding hydrogens is 390 g/mol. The Balaban J connectivity index is 1.83. The van der Waals surface area contributed by atoms with Crippen LogP contribution in [0.5, 0.6) is 5.75 Å². The van der Waals surface area contributed by atoms with E-state index < -0.39 is 0 Å². The number of fused-ring (bicyclic) bond motifs is 4. The van der Waals surface area contributed by atoms with E-state index in [2.05, 4.69) is 45.5 Å². The number of nitrogens with one attached hydrogen (secondary N) is 1. The molecule has 5 rings (SSSR count). The van der Waals surface area contributed by atoms with E-state index in [9.17, 15) is 10.1 Å². The van der Waals surface area contributed by atoms with Gasteiger partial charge in [0.2, 0.25) is 0 Å². The van der Waals surface area contributed by atoms with Crippen LogP contribution in [0.2, 0.25) is 0 Å². The normalized spacial score (nSPS) is 15.1. The molecule has 1 fully saturated rings. The van der Waals surface area contributed by atoms with Crippen LogP contribution in [0.1, 0.15) is 12.5 Å². The van der Waals surface area contributed by atoms with E-state index in [1.165, 1.54) is 0 Å². The van der Waals surface area contributed by atoms with Crippen LogP contribution in [0.15, 0.2) is 35.1 Å². The molecule has 0 saturated carbocycles. The minimum Gasteiger partial charge on any atom is -0.495 e. The zero-order chi connectivity index (χ0) is 21.7. The first-order chi connectivity index (χ1) is 15.0. The number of nitriles is 1. The molecule has 0 atom stereocenters. The maximum Gasteiger partial charge on any atom is 0.199 e. The Morgan fingerprint density at radius 3 is 2.58 bits per heavy atom. The number of aromatic amines is 1. The molecule has 1 N–H and O–H groups in total. The number of ether oxygens (including phenoxy) is 1. The highest BCUT2D eigenvalue weighted by Crippen LogP contribution is 2.35. The van der Waals surface area contributed by atoms with Crippen LogP contribution >= 0.6 is 0 Å². The second-order valence-electron chi connectivity index (χ2n) is 8.13. The van der Waals surface area contributed by atoms with E-state index >= 15 is 0 Å². The zero-order valence-electron chi connectivity index (χ0n) is 18.0. The summed E-state index contributed by atoms with van der Waals surface area (Å²) >= 11 is 0. The summed E-state index contributed by atoms with van der Waals surface area (Å²) in [5.41, 5.74) is 4.05. The number of aryl methyl sites for hydroxylation is 1. The van der Waals surface area contributed by atoms with Crippen LogP contribution in [0, 0.1) is 11.3 Å². The lowest BCUT2D eigenvalue weighted by atomic mass is 10.1. The molecule has 0 aliphatic carbocycles. The molecule has 7 nitrogen and oxygen atoms in total. The number of likely N-dealkylation sites (N-methyl/N-ethyl adjacent to an activating group) is 1. The van der Waals surface area contributed by atoms with Crippen LogP contribution in [-0.2, 0) is 6.54 Å². The number of pyridine rings is 1. The fourth-order valence-corrected chi connectivity index (χ4v) is 4.69. The van der Waals surface area contributed by atoms with Crippen molar-refractivity contribution in [1.82, 2.24) is 14.5 Å². The number of benzene rings is 2. The summed E-state index contributed by atoms with van der Waals surface area (Å²) in [5, 5.41) is 11.4. The van der Waals surface area contributed by atoms with Gasteiger partial charge in [0, 0.05) is 43.6 Å². The average Bonchev–Trinajstić information content (AvgIpc) is 3.17. The van der Waals surface area contributed by atoms with Crippen molar-refractivity contribution in [3.05, 3.63) is 46.1 Å². The number of methoxy groups -OCH3 is 1. The molecule has 3 heterocycles. The van der Waals surface area contributed by atoms with E-state index in [0.717, 1.165) is 59.7 Å². The third-order valence-electron chi connectivity index (χ3n) is 6.40. The quantitative estimate of drug-likeness (QED) is 0.556. The average molecular weight is 415 g/mol. The van der Waals surface area contributed by atoms with E-state index in [1.54, 1.807) is 19.2 Å². The maximum atomic E-state index is 13.6. The molecule has 158 valence electrons. The third kappa shape index (κ3) is 2.94. The summed E-state index contributed by atoms with van der Waals surface area (Å²) in [6.07, 6.45) is 0. The van der Waals surface area contributed by atoms with Crippen molar-refractivity contribution in [3.63, 3.8) is 0 Å². The lowest BCUT2D eigenvalue weighted by molar-refractivity contribution is 0.311. The van der Waals surface area contributed by atoms with Crippen molar-refractivity contribution in [2.75, 3.05) is 45.2 Å². The van der Waals surface area contributed by atoms with Crippen LogP contribution < -0.4 is 15.1 Å². The fourth-order valence-electron chi connectivity index (χ4n) is 4.69. The molecule has 7 heteroatoms. The van der Waals surface area contributed by atoms with Gasteiger partial charge in [-0.15, -0.1) is 0 Å². The molecule has 1 aliphatic heterocycles. The van der Waals surface area contributed by atoms with Crippen LogP contribution in [0.25, 0.3) is 32.8 Å². The largest absolute Gasteiger partial charge is 0.495 e. The highest BCUT2D eigenvalue weighted by atomic mass is 16.5. The Labute approximate surface area is 180 Å². The van der Waals surface area contributed by atoms with Crippen LogP contribution in [0.3, 0.4) is 0 Å². The lowest BCUT2D eigenvalue weighted by Gasteiger charge is -2.35. The van der Waals surface area contributed by atoms with Gasteiger partial charge in [0.05, 0.1) is 40.7 Å². The molecule has 1 aliphatic rings. The number of piperazine rings is 1. The molecule has 0 bridgehead atoms. The second-order valence-corrected chi connectivity index (χ2v) is 8.13. The van der Waals surface area contributed by atoms with Crippen molar-refractivity contribution >= 4 is 38.5 Å². The Hall–Kier alpha value is -3.50. The van der Waals surface area contributed by atoms with Gasteiger partial charge in [0.25, 0.3) is 0 Å². The highest BCUT2D eigenvalue weighted by molar-refractivity contribution is 6.10. The van der Waals surface area contributed by atoms with Gasteiger partial charge in [-0.05, 0) is 38.2 Å². The van der Waals surface area contributed by atoms with Crippen LogP contribution in [0.4, 0.5) is 5.69 Å². The Morgan fingerprint density at radius 2 is 1.90 bits per heavy atom.